The number of hydrogen-bond donors (Lipinski definition) is 1. The minimum Gasteiger partial charge on any atom is -0.423 e. The quantitative estimate of drug-likeness (QED) is 0.297. The molecular formula is C30H36N2O11. The number of hydrogen-bond acceptors (Lipinski definition) is 11. The van der Waals surface area contributed by atoms with E-state index in [1.165, 1.54) is 68.8 Å². The molecule has 0 aromatic heterocycles. The molecule has 0 radical (unpaired) electrons. The lowest BCUT2D eigenvalue weighted by Crippen LogP contribution is -2.32. The van der Waals surface area contributed by atoms with Crippen molar-refractivity contribution in [2.75, 3.05) is 27.2 Å². The fourth-order valence-corrected chi connectivity index (χ4v) is 4.14. The number of carbonyl (C=O) groups excluding carboxylic acids is 6. The summed E-state index contributed by atoms with van der Waals surface area (Å²) in [7, 11) is 3.04. The standard InChI is InChI=1S/C30H36N2O11/c1-16(33)31(7)14-25(22-9-10-27(40-18(3)35)28(11-22)41-19(4)36)23-12-29(42-20(5)37)30(43-21(6)38)13-24(23)26(39)15-32(8)17(2)34/h9-13,25-26,39H,14-15H2,1-8H3. The number of benzene rings is 2. The Labute approximate surface area is 249 Å². The van der Waals surface area contributed by atoms with Crippen LogP contribution in [0.3, 0.4) is 0 Å². The molecule has 232 valence electrons. The van der Waals surface area contributed by atoms with E-state index in [0.717, 1.165) is 13.8 Å². The first-order chi connectivity index (χ1) is 20.0. The Hall–Kier alpha value is -4.78. The molecular weight excluding hydrogens is 564 g/mol. The predicted octanol–water partition coefficient (Wildman–Crippen LogP) is 2.51. The Morgan fingerprint density at radius 3 is 1.44 bits per heavy atom. The molecule has 2 atom stereocenters. The van der Waals surface area contributed by atoms with Crippen molar-refractivity contribution in [3.8, 4) is 23.0 Å². The Balaban J connectivity index is 2.95. The number of likely N-dealkylation sites (N-methyl/N-ethyl adjacent to an activating group) is 2. The number of carbonyl (C=O) groups is 6. The maximum Gasteiger partial charge on any atom is 0.308 e. The van der Waals surface area contributed by atoms with Crippen LogP contribution in [0, 0.1) is 0 Å². The zero-order valence-corrected chi connectivity index (χ0v) is 25.4. The highest BCUT2D eigenvalue weighted by atomic mass is 16.6. The zero-order chi connectivity index (χ0) is 32.6. The molecule has 0 saturated carbocycles. The topological polar surface area (TPSA) is 166 Å². The summed E-state index contributed by atoms with van der Waals surface area (Å²) in [5.74, 6) is -4.58. The second-order valence-electron chi connectivity index (χ2n) is 9.88. The van der Waals surface area contributed by atoms with Crippen molar-refractivity contribution in [1.82, 2.24) is 9.80 Å². The van der Waals surface area contributed by atoms with Crippen molar-refractivity contribution in [2.45, 2.75) is 53.6 Å². The lowest BCUT2D eigenvalue weighted by atomic mass is 9.85. The molecule has 2 aromatic rings. The van der Waals surface area contributed by atoms with Crippen LogP contribution in [-0.4, -0.2) is 77.8 Å². The number of aliphatic hydroxyl groups is 1. The fraction of sp³-hybridized carbons (Fsp3) is 0.400. The Bertz CT molecular complexity index is 1420. The Kier molecular flexibility index (Phi) is 11.9. The lowest BCUT2D eigenvalue weighted by Gasteiger charge is -2.29. The Morgan fingerprint density at radius 2 is 1.00 bits per heavy atom. The molecule has 0 aliphatic rings. The first-order valence-corrected chi connectivity index (χ1v) is 13.2. The first-order valence-electron chi connectivity index (χ1n) is 13.2. The van der Waals surface area contributed by atoms with Crippen LogP contribution in [0.2, 0.25) is 0 Å². The van der Waals surface area contributed by atoms with Gasteiger partial charge in [-0.1, -0.05) is 6.07 Å². The molecule has 0 aliphatic carbocycles. The van der Waals surface area contributed by atoms with E-state index >= 15 is 0 Å². The molecule has 0 saturated heterocycles. The molecule has 43 heavy (non-hydrogen) atoms. The highest BCUT2D eigenvalue weighted by Gasteiger charge is 2.29. The molecule has 0 fully saturated rings. The van der Waals surface area contributed by atoms with Crippen LogP contribution >= 0.6 is 0 Å². The van der Waals surface area contributed by atoms with Crippen molar-refractivity contribution in [2.24, 2.45) is 0 Å². The van der Waals surface area contributed by atoms with Crippen molar-refractivity contribution in [3.05, 3.63) is 47.0 Å². The molecule has 13 nitrogen and oxygen atoms in total. The van der Waals surface area contributed by atoms with E-state index in [4.69, 9.17) is 18.9 Å². The van der Waals surface area contributed by atoms with E-state index in [2.05, 4.69) is 0 Å². The largest absolute Gasteiger partial charge is 0.423 e. The molecule has 2 amide bonds. The number of nitrogens with zero attached hydrogens (tertiary/aromatic N) is 2. The monoisotopic (exact) mass is 600 g/mol. The van der Waals surface area contributed by atoms with Gasteiger partial charge in [0, 0.05) is 68.1 Å². The summed E-state index contributed by atoms with van der Waals surface area (Å²) in [6.07, 6.45) is -1.33. The summed E-state index contributed by atoms with van der Waals surface area (Å²) in [6, 6.07) is 7.16. The summed E-state index contributed by atoms with van der Waals surface area (Å²) in [5.41, 5.74) is 0.974. The van der Waals surface area contributed by atoms with Crippen LogP contribution < -0.4 is 18.9 Å². The van der Waals surface area contributed by atoms with Crippen molar-refractivity contribution in [1.29, 1.82) is 0 Å². The van der Waals surface area contributed by atoms with E-state index in [9.17, 15) is 33.9 Å². The van der Waals surface area contributed by atoms with E-state index < -0.39 is 35.9 Å². The number of aliphatic hydroxyl groups excluding tert-OH is 1. The van der Waals surface area contributed by atoms with E-state index in [1.807, 2.05) is 0 Å². The van der Waals surface area contributed by atoms with Gasteiger partial charge in [0.1, 0.15) is 0 Å². The lowest BCUT2D eigenvalue weighted by molar-refractivity contribution is -0.134. The van der Waals surface area contributed by atoms with Crippen LogP contribution in [0.4, 0.5) is 0 Å². The van der Waals surface area contributed by atoms with E-state index in [1.54, 1.807) is 13.1 Å². The normalized spacial score (nSPS) is 11.9. The maximum absolute atomic E-state index is 12.3. The van der Waals surface area contributed by atoms with Crippen LogP contribution in [0.5, 0.6) is 23.0 Å². The van der Waals surface area contributed by atoms with E-state index in [0.29, 0.717) is 11.1 Å². The minimum atomic E-state index is -1.33. The molecule has 13 heteroatoms. The summed E-state index contributed by atoms with van der Waals surface area (Å²) >= 11 is 0. The molecule has 0 aliphatic heterocycles. The summed E-state index contributed by atoms with van der Waals surface area (Å²) < 4.78 is 21.1. The molecule has 0 heterocycles. The average Bonchev–Trinajstić information content (AvgIpc) is 2.87. The number of amides is 2. The molecule has 2 rings (SSSR count). The van der Waals surface area contributed by atoms with Crippen LogP contribution in [0.25, 0.3) is 0 Å². The third kappa shape index (κ3) is 9.92. The van der Waals surface area contributed by atoms with Crippen LogP contribution in [0.1, 0.15) is 70.3 Å². The van der Waals surface area contributed by atoms with Crippen molar-refractivity contribution < 1.29 is 52.8 Å². The van der Waals surface area contributed by atoms with Gasteiger partial charge in [-0.05, 0) is 41.0 Å². The third-order valence-electron chi connectivity index (χ3n) is 6.25. The molecule has 0 spiro atoms. The highest BCUT2D eigenvalue weighted by Crippen LogP contribution is 2.42. The van der Waals surface area contributed by atoms with Gasteiger partial charge in [0.2, 0.25) is 11.8 Å². The van der Waals surface area contributed by atoms with Gasteiger partial charge in [-0.2, -0.15) is 0 Å². The SMILES string of the molecule is CC(=O)Oc1ccc(C(CN(C)C(C)=O)c2cc(OC(C)=O)c(OC(C)=O)cc2C(O)CN(C)C(C)=O)cc1OC(C)=O. The number of rotatable bonds is 11. The molecule has 0 bridgehead atoms. The molecule has 2 aromatic carbocycles. The maximum atomic E-state index is 12.3. The second-order valence-corrected chi connectivity index (χ2v) is 9.88. The predicted molar refractivity (Wildman–Crippen MR) is 152 cm³/mol. The van der Waals surface area contributed by atoms with Crippen LogP contribution in [-0.2, 0) is 28.8 Å². The fourth-order valence-electron chi connectivity index (χ4n) is 4.14. The first kappa shape index (κ1) is 34.4. The number of ether oxygens (including phenoxy) is 4. The second kappa shape index (κ2) is 14.9. The van der Waals surface area contributed by atoms with E-state index in [-0.39, 0.29) is 53.5 Å². The summed E-state index contributed by atoms with van der Waals surface area (Å²) in [5, 5.41) is 11.4. The van der Waals surface area contributed by atoms with Gasteiger partial charge < -0.3 is 33.9 Å². The highest BCUT2D eigenvalue weighted by molar-refractivity contribution is 5.76. The van der Waals surface area contributed by atoms with Gasteiger partial charge >= 0.3 is 23.9 Å². The minimum absolute atomic E-state index is 0.0104. The van der Waals surface area contributed by atoms with Crippen molar-refractivity contribution in [3.63, 3.8) is 0 Å². The summed E-state index contributed by atoms with van der Waals surface area (Å²) in [4.78, 5) is 74.4. The molecule has 1 N–H and O–H groups in total. The van der Waals surface area contributed by atoms with Gasteiger partial charge in [0.25, 0.3) is 0 Å². The smallest absolute Gasteiger partial charge is 0.308 e. The third-order valence-corrected chi connectivity index (χ3v) is 6.25. The average molecular weight is 601 g/mol. The van der Waals surface area contributed by atoms with Gasteiger partial charge in [-0.15, -0.1) is 0 Å². The van der Waals surface area contributed by atoms with Crippen LogP contribution in [0.15, 0.2) is 30.3 Å². The Morgan fingerprint density at radius 1 is 0.605 bits per heavy atom. The zero-order valence-electron chi connectivity index (χ0n) is 25.4. The summed E-state index contributed by atoms with van der Waals surface area (Å²) in [6.45, 7) is 7.20. The number of esters is 4. The molecule has 2 unspecified atom stereocenters. The van der Waals surface area contributed by atoms with Gasteiger partial charge in [0.15, 0.2) is 23.0 Å². The van der Waals surface area contributed by atoms with Gasteiger partial charge in [-0.25, -0.2) is 0 Å². The van der Waals surface area contributed by atoms with Crippen molar-refractivity contribution >= 4 is 35.7 Å². The van der Waals surface area contributed by atoms with Gasteiger partial charge in [0.05, 0.1) is 12.6 Å². The van der Waals surface area contributed by atoms with Gasteiger partial charge in [-0.3, -0.25) is 28.8 Å².